The number of benzene rings is 2. The van der Waals surface area contributed by atoms with E-state index in [1.807, 2.05) is 70.4 Å². The smallest absolute Gasteiger partial charge is 0.241 e. The third-order valence-electron chi connectivity index (χ3n) is 6.50. The normalized spacial score (nSPS) is 13.9. The summed E-state index contributed by atoms with van der Waals surface area (Å²) >= 11 is 0. The lowest BCUT2D eigenvalue weighted by Crippen LogP contribution is -2.65. The zero-order chi connectivity index (χ0) is 34.7. The highest BCUT2D eigenvalue weighted by atomic mass is 16.2. The van der Waals surface area contributed by atoms with Crippen molar-refractivity contribution in [3.63, 3.8) is 0 Å². The summed E-state index contributed by atoms with van der Waals surface area (Å²) in [6.45, 7) is 30.2. The molecule has 0 aliphatic carbocycles. The van der Waals surface area contributed by atoms with Crippen LogP contribution in [0.3, 0.4) is 0 Å². The van der Waals surface area contributed by atoms with E-state index in [0.29, 0.717) is 25.0 Å². The van der Waals surface area contributed by atoms with E-state index in [9.17, 15) is 9.59 Å². The van der Waals surface area contributed by atoms with Crippen molar-refractivity contribution in [2.24, 2.45) is 10.4 Å². The van der Waals surface area contributed by atoms with Gasteiger partial charge in [0.2, 0.25) is 11.8 Å². The molecule has 4 rings (SSSR count). The Balaban J connectivity index is 0. The fourth-order valence-electron chi connectivity index (χ4n) is 4.55. The number of unbranched alkanes of at least 4 members (excludes halogenated alkanes) is 2. The number of rotatable bonds is 5. The Morgan fingerprint density at radius 1 is 0.909 bits per heavy atom. The molecule has 1 saturated heterocycles. The van der Waals surface area contributed by atoms with E-state index < -0.39 is 5.41 Å². The minimum absolute atomic E-state index is 0.0158. The van der Waals surface area contributed by atoms with Crippen molar-refractivity contribution in [2.75, 3.05) is 24.5 Å². The molecule has 2 aromatic carbocycles. The molecule has 2 aromatic rings. The molecule has 0 atom stereocenters. The lowest BCUT2D eigenvalue weighted by Gasteiger charge is -2.46. The molecule has 2 heterocycles. The maximum absolute atomic E-state index is 13.4. The molecule has 0 aromatic heterocycles. The lowest BCUT2D eigenvalue weighted by atomic mass is 9.74. The minimum atomic E-state index is -0.595. The van der Waals surface area contributed by atoms with E-state index in [-0.39, 0.29) is 11.8 Å². The van der Waals surface area contributed by atoms with Crippen molar-refractivity contribution < 1.29 is 19.2 Å². The number of amides is 2. The SMILES string of the molecule is C=O.C=O.CC.CC(=O)N1CC2(C1)C(=O)N(CC(C)=Nc1cc(C)ccc1C)c1ccccc12.CC(C)(C)C.CCCCC. The molecule has 0 saturated carbocycles. The third kappa shape index (κ3) is 12.9. The lowest BCUT2D eigenvalue weighted by molar-refractivity contribution is -0.142. The number of hydrogen-bond acceptors (Lipinski definition) is 5. The van der Waals surface area contributed by atoms with E-state index >= 15 is 0 Å². The molecule has 2 amide bonds. The molecule has 7 heteroatoms. The topological polar surface area (TPSA) is 87.1 Å². The number of para-hydroxylation sites is 1. The van der Waals surface area contributed by atoms with Crippen LogP contribution in [0.25, 0.3) is 0 Å². The van der Waals surface area contributed by atoms with Gasteiger partial charge >= 0.3 is 0 Å². The molecule has 0 N–H and O–H groups in total. The van der Waals surface area contributed by atoms with Gasteiger partial charge in [-0.2, -0.15) is 0 Å². The van der Waals surface area contributed by atoms with E-state index in [0.717, 1.165) is 33.8 Å². The average molecular weight is 610 g/mol. The van der Waals surface area contributed by atoms with Crippen LogP contribution < -0.4 is 4.90 Å². The number of hydrogen-bond donors (Lipinski definition) is 0. The van der Waals surface area contributed by atoms with Crippen molar-refractivity contribution >= 4 is 42.5 Å². The number of anilines is 1. The van der Waals surface area contributed by atoms with Crippen molar-refractivity contribution in [3.8, 4) is 0 Å². The van der Waals surface area contributed by atoms with Crippen molar-refractivity contribution in [3.05, 3.63) is 59.2 Å². The second kappa shape index (κ2) is 21.2. The number of carbonyl (C=O) groups is 4. The largest absolute Gasteiger partial charge is 0.340 e. The Kier molecular flexibility index (Phi) is 20.4. The van der Waals surface area contributed by atoms with Crippen molar-refractivity contribution in [1.82, 2.24) is 4.90 Å². The fraction of sp³-hybridized carbons (Fsp3) is 0.541. The molecule has 0 bridgehead atoms. The van der Waals surface area contributed by atoms with Gasteiger partial charge in [0.1, 0.15) is 19.0 Å². The molecule has 1 fully saturated rings. The van der Waals surface area contributed by atoms with Gasteiger partial charge in [0.15, 0.2) is 0 Å². The highest BCUT2D eigenvalue weighted by Crippen LogP contribution is 2.47. The predicted octanol–water partition coefficient (Wildman–Crippen LogP) is 8.45. The van der Waals surface area contributed by atoms with Crippen LogP contribution in [-0.4, -0.2) is 55.6 Å². The first-order valence-corrected chi connectivity index (χ1v) is 15.6. The van der Waals surface area contributed by atoms with Crippen LogP contribution in [0.15, 0.2) is 47.5 Å². The van der Waals surface area contributed by atoms with E-state index in [1.54, 1.807) is 11.8 Å². The molecule has 1 spiro atoms. The Bertz CT molecular complexity index is 1170. The summed E-state index contributed by atoms with van der Waals surface area (Å²) in [6, 6.07) is 14.1. The van der Waals surface area contributed by atoms with E-state index in [2.05, 4.69) is 66.7 Å². The van der Waals surface area contributed by atoms with E-state index in [4.69, 9.17) is 14.6 Å². The van der Waals surface area contributed by atoms with Gasteiger partial charge in [0, 0.05) is 31.4 Å². The first-order valence-electron chi connectivity index (χ1n) is 15.6. The highest BCUT2D eigenvalue weighted by Gasteiger charge is 2.58. The van der Waals surface area contributed by atoms with Crippen LogP contribution in [0.1, 0.15) is 105 Å². The van der Waals surface area contributed by atoms with Gasteiger partial charge in [0.05, 0.1) is 12.2 Å². The van der Waals surface area contributed by atoms with E-state index in [1.165, 1.54) is 19.3 Å². The summed E-state index contributed by atoms with van der Waals surface area (Å²) in [6.07, 6.45) is 4.08. The monoisotopic (exact) mass is 609 g/mol. The Labute approximate surface area is 268 Å². The Hall–Kier alpha value is -3.61. The summed E-state index contributed by atoms with van der Waals surface area (Å²) in [7, 11) is 0. The standard InChI is InChI=1S/C23H25N3O2.2C5H12.C2H6.2CH2O/c1-15-9-10-16(2)20(11-15)24-17(3)12-26-21-8-6-5-7-19(21)23(22(26)28)13-25(14-23)18(4)27;1-5(2,3)4;1-3-5-4-2;3*1-2/h5-11H,12-14H2,1-4H3;1-4H3;3-5H2,1-2H3;1-2H3;2*1H2. The average Bonchev–Trinajstić information content (AvgIpc) is 3.20. The third-order valence-corrected chi connectivity index (χ3v) is 6.50. The number of fused-ring (bicyclic) bond motifs is 2. The van der Waals surface area contributed by atoms with Crippen LogP contribution in [0.4, 0.5) is 11.4 Å². The number of carbonyl (C=O) groups excluding carboxylic acids is 4. The van der Waals surface area contributed by atoms with Gasteiger partial charge in [0.25, 0.3) is 0 Å². The van der Waals surface area contributed by atoms with Crippen LogP contribution in [-0.2, 0) is 24.6 Å². The minimum Gasteiger partial charge on any atom is -0.340 e. The molecular weight excluding hydrogens is 550 g/mol. The van der Waals surface area contributed by atoms with Crippen LogP contribution in [0.2, 0.25) is 0 Å². The number of aliphatic imine (C=N–C) groups is 1. The number of nitrogens with zero attached hydrogens (tertiary/aromatic N) is 3. The molecule has 44 heavy (non-hydrogen) atoms. The van der Waals surface area contributed by atoms with Gasteiger partial charge in [-0.05, 0) is 55.0 Å². The van der Waals surface area contributed by atoms with Crippen LogP contribution >= 0.6 is 0 Å². The van der Waals surface area contributed by atoms with Crippen LogP contribution in [0.5, 0.6) is 0 Å². The fourth-order valence-corrected chi connectivity index (χ4v) is 4.55. The Morgan fingerprint density at radius 2 is 1.41 bits per heavy atom. The second-order valence-corrected chi connectivity index (χ2v) is 12.4. The van der Waals surface area contributed by atoms with Gasteiger partial charge in [-0.25, -0.2) is 0 Å². The van der Waals surface area contributed by atoms with Gasteiger partial charge in [-0.3, -0.25) is 14.6 Å². The number of aryl methyl sites for hydroxylation is 2. The highest BCUT2D eigenvalue weighted by molar-refractivity contribution is 6.12. The summed E-state index contributed by atoms with van der Waals surface area (Å²) in [4.78, 5) is 49.4. The molecule has 246 valence electrons. The first kappa shape index (κ1) is 42.5. The Morgan fingerprint density at radius 3 is 1.86 bits per heavy atom. The summed E-state index contributed by atoms with van der Waals surface area (Å²) in [5, 5.41) is 0. The molecule has 2 aliphatic rings. The maximum Gasteiger partial charge on any atom is 0.241 e. The summed E-state index contributed by atoms with van der Waals surface area (Å²) in [5.74, 6) is 0.0868. The molecule has 0 unspecified atom stereocenters. The molecular formula is C37H59N3O4. The summed E-state index contributed by atoms with van der Waals surface area (Å²) < 4.78 is 0. The second-order valence-electron chi connectivity index (χ2n) is 12.4. The quantitative estimate of drug-likeness (QED) is 0.318. The molecule has 7 nitrogen and oxygen atoms in total. The predicted molar refractivity (Wildman–Crippen MR) is 187 cm³/mol. The summed E-state index contributed by atoms with van der Waals surface area (Å²) in [5.41, 5.74) is 5.98. The zero-order valence-corrected chi connectivity index (χ0v) is 29.7. The maximum atomic E-state index is 13.4. The first-order chi connectivity index (χ1) is 20.7. The van der Waals surface area contributed by atoms with Gasteiger partial charge < -0.3 is 19.4 Å². The van der Waals surface area contributed by atoms with Crippen molar-refractivity contribution in [1.29, 1.82) is 0 Å². The molecule has 0 radical (unpaired) electrons. The van der Waals surface area contributed by atoms with Crippen LogP contribution in [0, 0.1) is 19.3 Å². The zero-order valence-electron chi connectivity index (χ0n) is 29.7. The molecule has 2 aliphatic heterocycles. The van der Waals surface area contributed by atoms with Crippen molar-refractivity contribution in [2.45, 2.75) is 108 Å². The van der Waals surface area contributed by atoms with Gasteiger partial charge in [-0.15, -0.1) is 0 Å². The number of likely N-dealkylation sites (tertiary alicyclic amines) is 1. The van der Waals surface area contributed by atoms with Gasteiger partial charge in [-0.1, -0.05) is 105 Å².